The summed E-state index contributed by atoms with van der Waals surface area (Å²) >= 11 is 0. The Kier molecular flexibility index (Phi) is 50.0. The number of rotatable bonds is 53. The van der Waals surface area contributed by atoms with Crippen LogP contribution in [0.1, 0.15) is 330 Å². The lowest BCUT2D eigenvalue weighted by molar-refractivity contribution is -0.167. The Bertz CT molecular complexity index is 1020. The van der Waals surface area contributed by atoms with Gasteiger partial charge in [-0.25, -0.2) is 0 Å². The molecule has 0 saturated heterocycles. The van der Waals surface area contributed by atoms with Gasteiger partial charge in [-0.3, -0.25) is 14.4 Å². The van der Waals surface area contributed by atoms with Gasteiger partial charge < -0.3 is 14.2 Å². The Hall–Kier alpha value is -1.59. The molecule has 0 heterocycles. The molecular formula is C60H116O6. The second-order valence-corrected chi connectivity index (χ2v) is 22.1. The summed E-state index contributed by atoms with van der Waals surface area (Å²) in [5.74, 6) is 1.66. The minimum absolute atomic E-state index is 0.0637. The smallest absolute Gasteiger partial charge is 0.306 e. The quantitative estimate of drug-likeness (QED) is 0.0343. The normalized spacial score (nSPS) is 12.1. The standard InChI is InChI=1S/C60H116O6/c1-54(2)46-40-34-28-22-17-13-11-9-7-8-10-12-14-20-26-33-39-45-51-60(63)66-57(53-65-59(62)50-44-38-32-27-21-24-30-36-42-48-56(5)6)52-64-58(61)49-43-37-31-25-19-16-15-18-23-29-35-41-47-55(3)4/h54-57H,7-53H2,1-6H3/t57-/m0/s1. The first-order chi connectivity index (χ1) is 32.1. The van der Waals surface area contributed by atoms with Crippen LogP contribution in [0.3, 0.4) is 0 Å². The molecule has 0 amide bonds. The summed E-state index contributed by atoms with van der Waals surface area (Å²) in [7, 11) is 0. The van der Waals surface area contributed by atoms with E-state index in [2.05, 4.69) is 41.5 Å². The Morgan fingerprint density at radius 1 is 0.258 bits per heavy atom. The molecule has 0 bridgehead atoms. The van der Waals surface area contributed by atoms with Gasteiger partial charge in [0.05, 0.1) is 0 Å². The molecule has 0 spiro atoms. The molecule has 6 heteroatoms. The lowest BCUT2D eigenvalue weighted by Crippen LogP contribution is -2.30. The molecule has 0 aromatic heterocycles. The summed E-state index contributed by atoms with van der Waals surface area (Å²) in [6.07, 6.45) is 53.9. The van der Waals surface area contributed by atoms with Crippen molar-refractivity contribution in [3.63, 3.8) is 0 Å². The molecule has 66 heavy (non-hydrogen) atoms. The molecule has 0 fully saturated rings. The molecule has 0 saturated carbocycles. The van der Waals surface area contributed by atoms with Crippen LogP contribution in [0, 0.1) is 17.8 Å². The highest BCUT2D eigenvalue weighted by atomic mass is 16.6. The lowest BCUT2D eigenvalue weighted by atomic mass is 10.0. The van der Waals surface area contributed by atoms with E-state index in [1.54, 1.807) is 0 Å². The van der Waals surface area contributed by atoms with Crippen LogP contribution in [0.25, 0.3) is 0 Å². The highest BCUT2D eigenvalue weighted by Gasteiger charge is 2.19. The van der Waals surface area contributed by atoms with Gasteiger partial charge in [0.2, 0.25) is 0 Å². The Labute approximate surface area is 412 Å². The van der Waals surface area contributed by atoms with Crippen molar-refractivity contribution < 1.29 is 28.6 Å². The van der Waals surface area contributed by atoms with Crippen molar-refractivity contribution >= 4 is 17.9 Å². The fourth-order valence-corrected chi connectivity index (χ4v) is 9.18. The van der Waals surface area contributed by atoms with E-state index in [1.807, 2.05) is 0 Å². The highest BCUT2D eigenvalue weighted by molar-refractivity contribution is 5.71. The molecule has 0 N–H and O–H groups in total. The van der Waals surface area contributed by atoms with Gasteiger partial charge in [0, 0.05) is 19.3 Å². The number of esters is 3. The maximum Gasteiger partial charge on any atom is 0.306 e. The van der Waals surface area contributed by atoms with Gasteiger partial charge in [-0.05, 0) is 37.0 Å². The summed E-state index contributed by atoms with van der Waals surface area (Å²) in [6, 6.07) is 0. The zero-order valence-corrected chi connectivity index (χ0v) is 45.5. The van der Waals surface area contributed by atoms with Crippen LogP contribution in [0.4, 0.5) is 0 Å². The van der Waals surface area contributed by atoms with Crippen molar-refractivity contribution in [3.05, 3.63) is 0 Å². The topological polar surface area (TPSA) is 78.9 Å². The van der Waals surface area contributed by atoms with Crippen LogP contribution < -0.4 is 0 Å². The SMILES string of the molecule is CC(C)CCCCCCCCCCCCCCCCCCCCC(=O)O[C@@H](COC(=O)CCCCCCCCCCCCCCC(C)C)COC(=O)CCCCCCCCCCCC(C)C. The predicted molar refractivity (Wildman–Crippen MR) is 284 cm³/mol. The van der Waals surface area contributed by atoms with Crippen LogP contribution in [-0.4, -0.2) is 37.2 Å². The Balaban J connectivity index is 4.26. The number of hydrogen-bond acceptors (Lipinski definition) is 6. The minimum Gasteiger partial charge on any atom is -0.462 e. The van der Waals surface area contributed by atoms with E-state index in [4.69, 9.17) is 14.2 Å². The number of carbonyl (C=O) groups is 3. The Morgan fingerprint density at radius 3 is 0.652 bits per heavy atom. The fraction of sp³-hybridized carbons (Fsp3) is 0.950. The summed E-state index contributed by atoms with van der Waals surface area (Å²) in [6.45, 7) is 13.8. The van der Waals surface area contributed by atoms with Gasteiger partial charge in [0.1, 0.15) is 13.2 Å². The molecule has 0 aromatic rings. The maximum atomic E-state index is 12.9. The van der Waals surface area contributed by atoms with Gasteiger partial charge in [-0.15, -0.1) is 0 Å². The third-order valence-corrected chi connectivity index (χ3v) is 13.6. The average Bonchev–Trinajstić information content (AvgIpc) is 3.28. The zero-order valence-electron chi connectivity index (χ0n) is 45.5. The molecular weight excluding hydrogens is 817 g/mol. The fourth-order valence-electron chi connectivity index (χ4n) is 9.18. The van der Waals surface area contributed by atoms with E-state index < -0.39 is 6.10 Å². The number of unbranched alkanes of at least 4 members (excludes halogenated alkanes) is 36. The predicted octanol–water partition coefficient (Wildman–Crippen LogP) is 19.5. The van der Waals surface area contributed by atoms with Crippen molar-refractivity contribution in [2.24, 2.45) is 17.8 Å². The van der Waals surface area contributed by atoms with Crippen LogP contribution in [0.2, 0.25) is 0 Å². The third kappa shape index (κ3) is 53.4. The molecule has 0 aliphatic heterocycles. The van der Waals surface area contributed by atoms with Gasteiger partial charge in [0.25, 0.3) is 0 Å². The van der Waals surface area contributed by atoms with Crippen LogP contribution >= 0.6 is 0 Å². The van der Waals surface area contributed by atoms with Crippen molar-refractivity contribution in [2.75, 3.05) is 13.2 Å². The van der Waals surface area contributed by atoms with E-state index in [-0.39, 0.29) is 31.1 Å². The van der Waals surface area contributed by atoms with Gasteiger partial charge in [-0.1, -0.05) is 292 Å². The summed E-state index contributed by atoms with van der Waals surface area (Å²) < 4.78 is 16.9. The summed E-state index contributed by atoms with van der Waals surface area (Å²) in [5, 5.41) is 0. The molecule has 0 aliphatic rings. The zero-order chi connectivity index (χ0) is 48.4. The van der Waals surface area contributed by atoms with Crippen molar-refractivity contribution in [2.45, 2.75) is 337 Å². The second kappa shape index (κ2) is 51.3. The molecule has 1 atom stereocenters. The summed E-state index contributed by atoms with van der Waals surface area (Å²) in [5.41, 5.74) is 0. The molecule has 0 aromatic carbocycles. The van der Waals surface area contributed by atoms with E-state index in [0.717, 1.165) is 75.5 Å². The molecule has 0 rings (SSSR count). The molecule has 0 unspecified atom stereocenters. The summed E-state index contributed by atoms with van der Waals surface area (Å²) in [4.78, 5) is 38.1. The second-order valence-electron chi connectivity index (χ2n) is 22.1. The molecule has 0 radical (unpaired) electrons. The van der Waals surface area contributed by atoms with E-state index in [9.17, 15) is 14.4 Å². The highest BCUT2D eigenvalue weighted by Crippen LogP contribution is 2.19. The number of hydrogen-bond donors (Lipinski definition) is 0. The van der Waals surface area contributed by atoms with Crippen LogP contribution in [0.5, 0.6) is 0 Å². The van der Waals surface area contributed by atoms with E-state index in [1.165, 1.54) is 212 Å². The number of ether oxygens (including phenoxy) is 3. The molecule has 0 aliphatic carbocycles. The molecule has 392 valence electrons. The first kappa shape index (κ1) is 64.4. The first-order valence-electron chi connectivity index (χ1n) is 29.6. The Morgan fingerprint density at radius 2 is 0.439 bits per heavy atom. The first-order valence-corrected chi connectivity index (χ1v) is 29.6. The van der Waals surface area contributed by atoms with E-state index >= 15 is 0 Å². The van der Waals surface area contributed by atoms with Crippen molar-refractivity contribution in [1.82, 2.24) is 0 Å². The number of carbonyl (C=O) groups excluding carboxylic acids is 3. The van der Waals surface area contributed by atoms with Crippen molar-refractivity contribution in [3.8, 4) is 0 Å². The van der Waals surface area contributed by atoms with Gasteiger partial charge >= 0.3 is 17.9 Å². The van der Waals surface area contributed by atoms with Gasteiger partial charge in [0.15, 0.2) is 6.10 Å². The third-order valence-electron chi connectivity index (χ3n) is 13.6. The van der Waals surface area contributed by atoms with Gasteiger partial charge in [-0.2, -0.15) is 0 Å². The lowest BCUT2D eigenvalue weighted by Gasteiger charge is -2.18. The van der Waals surface area contributed by atoms with Crippen LogP contribution in [0.15, 0.2) is 0 Å². The minimum atomic E-state index is -0.764. The van der Waals surface area contributed by atoms with E-state index in [0.29, 0.717) is 19.3 Å². The maximum absolute atomic E-state index is 12.9. The average molecular weight is 934 g/mol. The largest absolute Gasteiger partial charge is 0.462 e. The van der Waals surface area contributed by atoms with Crippen LogP contribution in [-0.2, 0) is 28.6 Å². The molecule has 6 nitrogen and oxygen atoms in total. The monoisotopic (exact) mass is 933 g/mol. The van der Waals surface area contributed by atoms with Crippen molar-refractivity contribution in [1.29, 1.82) is 0 Å².